The second-order valence-electron chi connectivity index (χ2n) is 5.68. The highest BCUT2D eigenvalue weighted by Gasteiger charge is 2.43. The first-order valence-corrected chi connectivity index (χ1v) is 6.97. The number of benzene rings is 1. The Kier molecular flexibility index (Phi) is 3.26. The van der Waals surface area contributed by atoms with Gasteiger partial charge in [0.25, 0.3) is 0 Å². The van der Waals surface area contributed by atoms with E-state index in [1.165, 1.54) is 6.20 Å². The molecule has 1 fully saturated rings. The van der Waals surface area contributed by atoms with Crippen LogP contribution in [0.4, 0.5) is 0 Å². The molecular formula is C17H17NO3. The molecule has 21 heavy (non-hydrogen) atoms. The fraction of sp³-hybridized carbons (Fsp3) is 0.294. The van der Waals surface area contributed by atoms with E-state index in [-0.39, 0.29) is 17.6 Å². The maximum atomic E-state index is 11.2. The molecule has 1 aliphatic rings. The molecule has 0 spiro atoms. The van der Waals surface area contributed by atoms with E-state index in [9.17, 15) is 9.90 Å². The highest BCUT2D eigenvalue weighted by molar-refractivity contribution is 5.91. The lowest BCUT2D eigenvalue weighted by molar-refractivity contribution is 0.0695. The van der Waals surface area contributed by atoms with Crippen LogP contribution in [-0.4, -0.2) is 27.8 Å². The summed E-state index contributed by atoms with van der Waals surface area (Å²) in [7, 11) is 0. The standard InChI is InChI=1S/C17H17NO3/c1-11-14(8-18-9-15(11)16(20)21)12-2-4-13(5-3-12)17(10-19)6-7-17/h2-5,8-9,19H,6-7,10H2,1H3,(H,20,21). The first-order valence-electron chi connectivity index (χ1n) is 6.97. The fourth-order valence-corrected chi connectivity index (χ4v) is 2.72. The highest BCUT2D eigenvalue weighted by atomic mass is 16.4. The smallest absolute Gasteiger partial charge is 0.337 e. The Balaban J connectivity index is 1.98. The van der Waals surface area contributed by atoms with E-state index in [1.807, 2.05) is 24.3 Å². The number of hydrogen-bond donors (Lipinski definition) is 2. The van der Waals surface area contributed by atoms with Crippen LogP contribution in [0.2, 0.25) is 0 Å². The van der Waals surface area contributed by atoms with Crippen molar-refractivity contribution in [2.45, 2.75) is 25.2 Å². The van der Waals surface area contributed by atoms with Crippen LogP contribution in [0.3, 0.4) is 0 Å². The number of rotatable bonds is 4. The molecule has 2 aromatic rings. The van der Waals surface area contributed by atoms with Gasteiger partial charge in [0, 0.05) is 23.4 Å². The summed E-state index contributed by atoms with van der Waals surface area (Å²) < 4.78 is 0. The minimum Gasteiger partial charge on any atom is -0.478 e. The molecule has 1 aromatic carbocycles. The lowest BCUT2D eigenvalue weighted by Crippen LogP contribution is -2.11. The van der Waals surface area contributed by atoms with Gasteiger partial charge in [-0.15, -0.1) is 0 Å². The van der Waals surface area contributed by atoms with Gasteiger partial charge in [-0.3, -0.25) is 4.98 Å². The summed E-state index contributed by atoms with van der Waals surface area (Å²) in [4.78, 5) is 15.2. The molecular weight excluding hydrogens is 266 g/mol. The Hall–Kier alpha value is -2.20. The monoisotopic (exact) mass is 283 g/mol. The van der Waals surface area contributed by atoms with Crippen molar-refractivity contribution in [1.82, 2.24) is 4.98 Å². The number of carboxylic acids is 1. The molecule has 0 radical (unpaired) electrons. The van der Waals surface area contributed by atoms with Crippen molar-refractivity contribution in [2.24, 2.45) is 0 Å². The molecule has 0 aliphatic heterocycles. The zero-order valence-electron chi connectivity index (χ0n) is 11.8. The summed E-state index contributed by atoms with van der Waals surface area (Å²) in [5, 5.41) is 18.6. The van der Waals surface area contributed by atoms with E-state index in [0.29, 0.717) is 5.56 Å². The highest BCUT2D eigenvalue weighted by Crippen LogP contribution is 2.47. The van der Waals surface area contributed by atoms with Crippen LogP contribution < -0.4 is 0 Å². The molecule has 0 atom stereocenters. The second kappa shape index (κ2) is 4.97. The lowest BCUT2D eigenvalue weighted by atomic mass is 9.93. The average Bonchev–Trinajstić information content (AvgIpc) is 3.28. The molecule has 1 saturated carbocycles. The van der Waals surface area contributed by atoms with E-state index in [0.717, 1.165) is 29.5 Å². The van der Waals surface area contributed by atoms with Crippen LogP contribution in [0, 0.1) is 6.92 Å². The zero-order valence-corrected chi connectivity index (χ0v) is 11.8. The van der Waals surface area contributed by atoms with Gasteiger partial charge < -0.3 is 10.2 Å². The van der Waals surface area contributed by atoms with E-state index >= 15 is 0 Å². The predicted molar refractivity (Wildman–Crippen MR) is 79.4 cm³/mol. The summed E-state index contributed by atoms with van der Waals surface area (Å²) in [6.45, 7) is 1.98. The first-order chi connectivity index (χ1) is 10.1. The van der Waals surface area contributed by atoms with Crippen LogP contribution in [0.25, 0.3) is 11.1 Å². The van der Waals surface area contributed by atoms with Crippen LogP contribution in [0.1, 0.15) is 34.3 Å². The summed E-state index contributed by atoms with van der Waals surface area (Å²) in [5.41, 5.74) is 3.82. The van der Waals surface area contributed by atoms with Crippen LogP contribution in [0.5, 0.6) is 0 Å². The maximum absolute atomic E-state index is 11.2. The van der Waals surface area contributed by atoms with E-state index in [4.69, 9.17) is 5.11 Å². The molecule has 2 N–H and O–H groups in total. The first kappa shape index (κ1) is 13.8. The molecule has 0 unspecified atom stereocenters. The minimum atomic E-state index is -0.962. The quantitative estimate of drug-likeness (QED) is 0.905. The third-order valence-corrected chi connectivity index (χ3v) is 4.41. The third-order valence-electron chi connectivity index (χ3n) is 4.41. The number of aromatic carboxylic acids is 1. The molecule has 4 nitrogen and oxygen atoms in total. The normalized spacial score (nSPS) is 15.7. The van der Waals surface area contributed by atoms with Gasteiger partial charge in [-0.25, -0.2) is 4.79 Å². The second-order valence-corrected chi connectivity index (χ2v) is 5.68. The molecule has 0 saturated heterocycles. The molecule has 4 heteroatoms. The van der Waals surface area contributed by atoms with Crippen molar-refractivity contribution in [3.05, 3.63) is 53.3 Å². The van der Waals surface area contributed by atoms with Gasteiger partial charge >= 0.3 is 5.97 Å². The van der Waals surface area contributed by atoms with Crippen molar-refractivity contribution >= 4 is 5.97 Å². The van der Waals surface area contributed by atoms with E-state index < -0.39 is 5.97 Å². The topological polar surface area (TPSA) is 70.4 Å². The summed E-state index contributed by atoms with van der Waals surface area (Å²) in [5.74, 6) is -0.962. The largest absolute Gasteiger partial charge is 0.478 e. The van der Waals surface area contributed by atoms with Gasteiger partial charge in [-0.05, 0) is 36.5 Å². The Labute approximate surface area is 123 Å². The zero-order chi connectivity index (χ0) is 15.0. The SMILES string of the molecule is Cc1c(C(=O)O)cncc1-c1ccc(C2(CO)CC2)cc1. The van der Waals surface area contributed by atoms with Crippen LogP contribution in [0.15, 0.2) is 36.7 Å². The number of nitrogens with zero attached hydrogens (tertiary/aromatic N) is 1. The number of pyridine rings is 1. The molecule has 108 valence electrons. The minimum absolute atomic E-state index is 0.0469. The van der Waals surface area contributed by atoms with Crippen molar-refractivity contribution in [3.63, 3.8) is 0 Å². The third kappa shape index (κ3) is 2.32. The molecule has 1 heterocycles. The summed E-state index contributed by atoms with van der Waals surface area (Å²) in [6.07, 6.45) is 5.12. The number of carbonyl (C=O) groups is 1. The number of hydrogen-bond acceptors (Lipinski definition) is 3. The molecule has 0 amide bonds. The average molecular weight is 283 g/mol. The maximum Gasteiger partial charge on any atom is 0.337 e. The Morgan fingerprint density at radius 1 is 1.24 bits per heavy atom. The number of aliphatic hydroxyl groups is 1. The molecule has 0 bridgehead atoms. The van der Waals surface area contributed by atoms with Crippen molar-refractivity contribution in [3.8, 4) is 11.1 Å². The van der Waals surface area contributed by atoms with Crippen LogP contribution in [-0.2, 0) is 5.41 Å². The van der Waals surface area contributed by atoms with Gasteiger partial charge in [0.1, 0.15) is 0 Å². The Bertz CT molecular complexity index is 688. The summed E-state index contributed by atoms with van der Waals surface area (Å²) in [6, 6.07) is 7.98. The van der Waals surface area contributed by atoms with Crippen molar-refractivity contribution < 1.29 is 15.0 Å². The molecule has 1 aliphatic carbocycles. The van der Waals surface area contributed by atoms with E-state index in [2.05, 4.69) is 4.98 Å². The number of carboxylic acid groups (broad SMARTS) is 1. The van der Waals surface area contributed by atoms with Crippen molar-refractivity contribution in [2.75, 3.05) is 6.61 Å². The van der Waals surface area contributed by atoms with Gasteiger partial charge in [0.05, 0.1) is 12.2 Å². The molecule has 3 rings (SSSR count). The van der Waals surface area contributed by atoms with Gasteiger partial charge in [-0.2, -0.15) is 0 Å². The van der Waals surface area contributed by atoms with Gasteiger partial charge in [0.15, 0.2) is 0 Å². The van der Waals surface area contributed by atoms with Gasteiger partial charge in [-0.1, -0.05) is 24.3 Å². The van der Waals surface area contributed by atoms with Crippen molar-refractivity contribution in [1.29, 1.82) is 0 Å². The predicted octanol–water partition coefficient (Wildman–Crippen LogP) is 2.78. The molecule has 1 aromatic heterocycles. The fourth-order valence-electron chi connectivity index (χ4n) is 2.72. The van der Waals surface area contributed by atoms with Gasteiger partial charge in [0.2, 0.25) is 0 Å². The number of aliphatic hydroxyl groups excluding tert-OH is 1. The van der Waals surface area contributed by atoms with Crippen LogP contribution >= 0.6 is 0 Å². The Morgan fingerprint density at radius 3 is 2.43 bits per heavy atom. The lowest BCUT2D eigenvalue weighted by Gasteiger charge is -2.13. The number of aromatic nitrogens is 1. The van der Waals surface area contributed by atoms with E-state index in [1.54, 1.807) is 13.1 Å². The Morgan fingerprint density at radius 2 is 1.90 bits per heavy atom. The summed E-state index contributed by atoms with van der Waals surface area (Å²) >= 11 is 0.